The van der Waals surface area contributed by atoms with Crippen LogP contribution in [0.15, 0.2) is 47.5 Å². The van der Waals surface area contributed by atoms with Gasteiger partial charge in [0.25, 0.3) is 10.0 Å². The Morgan fingerprint density at radius 3 is 2.44 bits per heavy atom. The van der Waals surface area contributed by atoms with Gasteiger partial charge in [-0.2, -0.15) is 0 Å². The lowest BCUT2D eigenvalue weighted by Gasteiger charge is -2.10. The summed E-state index contributed by atoms with van der Waals surface area (Å²) in [4.78, 5) is 24.1. The first-order valence-electron chi connectivity index (χ1n) is 7.35. The molecule has 0 aliphatic heterocycles. The number of benzene rings is 1. The van der Waals surface area contributed by atoms with Gasteiger partial charge in [0, 0.05) is 23.0 Å². The number of carbonyl (C=O) groups is 1. The van der Waals surface area contributed by atoms with Gasteiger partial charge in [-0.25, -0.2) is 27.9 Å². The number of rotatable bonds is 3. The molecule has 0 atom stereocenters. The number of amides is 2. The van der Waals surface area contributed by atoms with Crippen molar-refractivity contribution in [2.75, 3.05) is 5.32 Å². The number of fused-ring (bicyclic) bond motifs is 1. The third-order valence-electron chi connectivity index (χ3n) is 3.32. The number of sulfonamides is 1. The lowest BCUT2D eigenvalue weighted by atomic mass is 10.2. The Bertz CT molecular complexity index is 1040. The number of aryl methyl sites for hydroxylation is 2. The van der Waals surface area contributed by atoms with Crippen LogP contribution in [-0.4, -0.2) is 29.4 Å². The van der Waals surface area contributed by atoms with Gasteiger partial charge in [-0.1, -0.05) is 18.2 Å². The number of carbonyl (C=O) groups excluding carboxylic acids is 1. The fraction of sp³-hybridized carbons (Fsp3) is 0.125. The summed E-state index contributed by atoms with van der Waals surface area (Å²) in [6.07, 6.45) is 1.49. The summed E-state index contributed by atoms with van der Waals surface area (Å²) in [6, 6.07) is 8.95. The fourth-order valence-corrected chi connectivity index (χ4v) is 3.47. The van der Waals surface area contributed by atoms with Gasteiger partial charge < -0.3 is 0 Å². The summed E-state index contributed by atoms with van der Waals surface area (Å²) >= 11 is 0. The molecule has 0 radical (unpaired) electrons. The lowest BCUT2D eigenvalue weighted by molar-refractivity contribution is 0.256. The van der Waals surface area contributed by atoms with Crippen LogP contribution in [0.5, 0.6) is 0 Å². The van der Waals surface area contributed by atoms with Gasteiger partial charge in [-0.3, -0.25) is 10.3 Å². The monoisotopic (exact) mass is 357 g/mol. The molecule has 3 rings (SSSR count). The molecule has 2 amide bonds. The smallest absolute Gasteiger partial charge is 0.275 e. The van der Waals surface area contributed by atoms with Crippen LogP contribution in [0.25, 0.3) is 10.9 Å². The number of hydrogen-bond acceptors (Lipinski definition) is 6. The van der Waals surface area contributed by atoms with Crippen molar-refractivity contribution >= 4 is 32.9 Å². The number of anilines is 1. The van der Waals surface area contributed by atoms with E-state index in [1.54, 1.807) is 44.2 Å². The molecule has 1 aromatic carbocycles. The highest BCUT2D eigenvalue weighted by molar-refractivity contribution is 7.90. The quantitative estimate of drug-likeness (QED) is 0.742. The van der Waals surface area contributed by atoms with Crippen molar-refractivity contribution in [3.05, 3.63) is 54.0 Å². The van der Waals surface area contributed by atoms with Crippen LogP contribution in [-0.2, 0) is 10.0 Å². The minimum Gasteiger partial charge on any atom is -0.275 e. The number of hydrogen-bond donors (Lipinski definition) is 2. The average Bonchev–Trinajstić information content (AvgIpc) is 2.52. The maximum atomic E-state index is 12.5. The Labute approximate surface area is 144 Å². The summed E-state index contributed by atoms with van der Waals surface area (Å²) in [5.41, 5.74) is 1.60. The minimum atomic E-state index is -4.11. The first kappa shape index (κ1) is 16.8. The molecule has 2 N–H and O–H groups in total. The molecule has 0 saturated carbocycles. The molecular formula is C16H15N5O3S. The van der Waals surface area contributed by atoms with Gasteiger partial charge in [0.1, 0.15) is 4.90 Å². The normalized spacial score (nSPS) is 11.3. The van der Waals surface area contributed by atoms with E-state index in [9.17, 15) is 13.2 Å². The topological polar surface area (TPSA) is 114 Å². The van der Waals surface area contributed by atoms with Gasteiger partial charge in [0.05, 0.1) is 5.52 Å². The molecule has 0 spiro atoms. The van der Waals surface area contributed by atoms with Crippen LogP contribution in [0.4, 0.5) is 10.7 Å². The molecule has 0 bridgehead atoms. The van der Waals surface area contributed by atoms with E-state index in [4.69, 9.17) is 0 Å². The van der Waals surface area contributed by atoms with Crippen LogP contribution in [0.3, 0.4) is 0 Å². The molecule has 8 nitrogen and oxygen atoms in total. The van der Waals surface area contributed by atoms with E-state index in [0.717, 1.165) is 0 Å². The van der Waals surface area contributed by atoms with Gasteiger partial charge >= 0.3 is 6.03 Å². The highest BCUT2D eigenvalue weighted by atomic mass is 32.2. The highest BCUT2D eigenvalue weighted by Crippen LogP contribution is 2.20. The number of pyridine rings is 1. The largest absolute Gasteiger partial charge is 0.335 e. The molecule has 0 unspecified atom stereocenters. The van der Waals surface area contributed by atoms with E-state index < -0.39 is 16.1 Å². The van der Waals surface area contributed by atoms with Gasteiger partial charge in [0.2, 0.25) is 5.95 Å². The van der Waals surface area contributed by atoms with E-state index in [2.05, 4.69) is 20.3 Å². The number of nitrogens with zero attached hydrogens (tertiary/aromatic N) is 3. The predicted octanol–water partition coefficient (Wildman–Crippen LogP) is 2.15. The van der Waals surface area contributed by atoms with Crippen LogP contribution in [0.1, 0.15) is 11.4 Å². The van der Waals surface area contributed by atoms with Gasteiger partial charge in [-0.15, -0.1) is 0 Å². The fourth-order valence-electron chi connectivity index (χ4n) is 2.38. The molecule has 128 valence electrons. The summed E-state index contributed by atoms with van der Waals surface area (Å²) in [5, 5.41) is 2.98. The summed E-state index contributed by atoms with van der Waals surface area (Å²) in [7, 11) is -4.11. The summed E-state index contributed by atoms with van der Waals surface area (Å²) in [5.74, 6) is 0.0289. The van der Waals surface area contributed by atoms with E-state index in [-0.39, 0.29) is 16.4 Å². The van der Waals surface area contributed by atoms with Crippen molar-refractivity contribution in [3.63, 3.8) is 0 Å². The number of para-hydroxylation sites is 1. The molecule has 2 heterocycles. The highest BCUT2D eigenvalue weighted by Gasteiger charge is 2.21. The number of nitrogens with one attached hydrogen (secondary N) is 2. The minimum absolute atomic E-state index is 0.0289. The molecule has 2 aromatic heterocycles. The standard InChI is InChI=1S/C16H15N5O3S/c1-10-9-11(2)19-15(18-10)20-16(22)21-25(23,24)13-7-3-5-12-6-4-8-17-14(12)13/h3-9H,1-2H3,(H2,18,19,20,21,22). The maximum Gasteiger partial charge on any atom is 0.335 e. The first-order chi connectivity index (χ1) is 11.8. The second-order valence-electron chi connectivity index (χ2n) is 5.37. The second kappa shape index (κ2) is 6.44. The van der Waals surface area contributed by atoms with Crippen molar-refractivity contribution in [2.45, 2.75) is 18.7 Å². The van der Waals surface area contributed by atoms with Gasteiger partial charge in [-0.05, 0) is 32.0 Å². The van der Waals surface area contributed by atoms with E-state index in [1.807, 2.05) is 4.72 Å². The van der Waals surface area contributed by atoms with Gasteiger partial charge in [0.15, 0.2) is 0 Å². The van der Waals surface area contributed by atoms with Crippen molar-refractivity contribution in [1.82, 2.24) is 19.7 Å². The van der Waals surface area contributed by atoms with Crippen LogP contribution < -0.4 is 10.0 Å². The Balaban J connectivity index is 1.86. The molecule has 0 aliphatic rings. The van der Waals surface area contributed by atoms with Crippen LogP contribution in [0, 0.1) is 13.8 Å². The Morgan fingerprint density at radius 2 is 1.72 bits per heavy atom. The third kappa shape index (κ3) is 3.72. The van der Waals surface area contributed by atoms with Crippen molar-refractivity contribution in [1.29, 1.82) is 0 Å². The van der Waals surface area contributed by atoms with E-state index in [0.29, 0.717) is 16.8 Å². The van der Waals surface area contributed by atoms with Crippen LogP contribution >= 0.6 is 0 Å². The SMILES string of the molecule is Cc1cc(C)nc(NC(=O)NS(=O)(=O)c2cccc3cccnc23)n1. The maximum absolute atomic E-state index is 12.5. The molecule has 25 heavy (non-hydrogen) atoms. The molecule has 0 fully saturated rings. The van der Waals surface area contributed by atoms with Crippen LogP contribution in [0.2, 0.25) is 0 Å². The molecule has 0 saturated heterocycles. The first-order valence-corrected chi connectivity index (χ1v) is 8.83. The third-order valence-corrected chi connectivity index (χ3v) is 4.68. The Kier molecular flexibility index (Phi) is 4.32. The molecule has 0 aliphatic carbocycles. The Hall–Kier alpha value is -3.07. The van der Waals surface area contributed by atoms with Crippen molar-refractivity contribution in [2.24, 2.45) is 0 Å². The van der Waals surface area contributed by atoms with Crippen molar-refractivity contribution < 1.29 is 13.2 Å². The molecular weight excluding hydrogens is 342 g/mol. The average molecular weight is 357 g/mol. The second-order valence-corrected chi connectivity index (χ2v) is 7.02. The zero-order chi connectivity index (χ0) is 18.0. The molecule has 3 aromatic rings. The zero-order valence-corrected chi connectivity index (χ0v) is 14.3. The molecule has 9 heteroatoms. The van der Waals surface area contributed by atoms with E-state index >= 15 is 0 Å². The lowest BCUT2D eigenvalue weighted by Crippen LogP contribution is -2.35. The number of urea groups is 1. The zero-order valence-electron chi connectivity index (χ0n) is 13.5. The van der Waals surface area contributed by atoms with E-state index in [1.165, 1.54) is 12.3 Å². The summed E-state index contributed by atoms with van der Waals surface area (Å²) in [6.45, 7) is 3.49. The van der Waals surface area contributed by atoms with Crippen molar-refractivity contribution in [3.8, 4) is 0 Å². The number of aromatic nitrogens is 3. The summed E-state index contributed by atoms with van der Waals surface area (Å²) < 4.78 is 27.0. The predicted molar refractivity (Wildman–Crippen MR) is 92.6 cm³/mol. The Morgan fingerprint density at radius 1 is 1.04 bits per heavy atom.